The van der Waals surface area contributed by atoms with Gasteiger partial charge < -0.3 is 10.2 Å². The molecule has 2 amide bonds. The van der Waals surface area contributed by atoms with Gasteiger partial charge in [-0.2, -0.15) is 0 Å². The van der Waals surface area contributed by atoms with Crippen molar-refractivity contribution in [2.75, 3.05) is 17.1 Å². The number of nitrogens with zero attached hydrogens (tertiary/aromatic N) is 2. The molecule has 0 aliphatic heterocycles. The van der Waals surface area contributed by atoms with Gasteiger partial charge in [-0.1, -0.05) is 51.1 Å². The molecule has 1 atom stereocenters. The maximum Gasteiger partial charge on any atom is 0.244 e. The van der Waals surface area contributed by atoms with Crippen molar-refractivity contribution in [3.8, 4) is 0 Å². The zero-order valence-electron chi connectivity index (χ0n) is 21.5. The van der Waals surface area contributed by atoms with Gasteiger partial charge in [0.1, 0.15) is 18.4 Å². The van der Waals surface area contributed by atoms with Crippen molar-refractivity contribution in [3.63, 3.8) is 0 Å². The second kappa shape index (κ2) is 11.2. The molecule has 1 N–H and O–H groups in total. The summed E-state index contributed by atoms with van der Waals surface area (Å²) in [5, 5.41) is 2.76. The first-order chi connectivity index (χ1) is 16.1. The van der Waals surface area contributed by atoms with Gasteiger partial charge in [-0.15, -0.1) is 0 Å². The van der Waals surface area contributed by atoms with Crippen molar-refractivity contribution in [3.05, 3.63) is 65.5 Å². The lowest BCUT2D eigenvalue weighted by molar-refractivity contribution is -0.139. The van der Waals surface area contributed by atoms with Gasteiger partial charge >= 0.3 is 0 Å². The molecule has 1 unspecified atom stereocenters. The van der Waals surface area contributed by atoms with Crippen molar-refractivity contribution < 1.29 is 22.4 Å². The van der Waals surface area contributed by atoms with Gasteiger partial charge in [0.2, 0.25) is 21.8 Å². The third kappa shape index (κ3) is 7.78. The Morgan fingerprint density at radius 3 is 2.06 bits per heavy atom. The fourth-order valence-electron chi connectivity index (χ4n) is 3.54. The van der Waals surface area contributed by atoms with Gasteiger partial charge in [0.15, 0.2) is 0 Å². The molecule has 2 aromatic rings. The van der Waals surface area contributed by atoms with Crippen LogP contribution in [0.3, 0.4) is 0 Å². The Morgan fingerprint density at radius 2 is 1.57 bits per heavy atom. The van der Waals surface area contributed by atoms with Crippen LogP contribution in [0.15, 0.2) is 48.5 Å². The number of amides is 2. The number of anilines is 1. The molecular formula is C26H36FN3O4S. The van der Waals surface area contributed by atoms with E-state index in [1.165, 1.54) is 23.1 Å². The molecule has 7 nitrogen and oxygen atoms in total. The molecule has 0 heterocycles. The first-order valence-corrected chi connectivity index (χ1v) is 13.4. The number of carbonyl (C=O) groups excluding carboxylic acids is 2. The fraction of sp³-hybridized carbons (Fsp3) is 0.462. The Morgan fingerprint density at radius 1 is 1.00 bits per heavy atom. The molecule has 0 aromatic heterocycles. The van der Waals surface area contributed by atoms with Crippen LogP contribution in [0.2, 0.25) is 0 Å². The highest BCUT2D eigenvalue weighted by molar-refractivity contribution is 7.92. The lowest BCUT2D eigenvalue weighted by Gasteiger charge is -2.32. The largest absolute Gasteiger partial charge is 0.352 e. The summed E-state index contributed by atoms with van der Waals surface area (Å²) >= 11 is 0. The molecule has 192 valence electrons. The van der Waals surface area contributed by atoms with Crippen LogP contribution in [-0.4, -0.2) is 50.0 Å². The van der Waals surface area contributed by atoms with E-state index in [0.29, 0.717) is 5.69 Å². The highest BCUT2D eigenvalue weighted by Gasteiger charge is 2.31. The molecule has 0 spiro atoms. The minimum atomic E-state index is -3.83. The third-order valence-electron chi connectivity index (χ3n) is 5.60. The zero-order valence-corrected chi connectivity index (χ0v) is 22.3. The summed E-state index contributed by atoms with van der Waals surface area (Å²) in [7, 11) is -3.83. The lowest BCUT2D eigenvalue weighted by atomic mass is 9.87. The Bertz CT molecular complexity index is 1140. The molecule has 35 heavy (non-hydrogen) atoms. The van der Waals surface area contributed by atoms with E-state index < -0.39 is 40.2 Å². The normalized spacial score (nSPS) is 12.8. The second-order valence-electron chi connectivity index (χ2n) is 10.0. The standard InChI is InChI=1S/C26H36FN3O4S/c1-18(2)28-25(32)19(3)29(16-20-10-8-9-11-23(20)27)24(31)17-30(35(7,33)34)22-14-12-21(13-15-22)26(4,5)6/h8-15,18-19H,16-17H2,1-7H3,(H,28,32). The van der Waals surface area contributed by atoms with Gasteiger partial charge in [0.05, 0.1) is 11.9 Å². The van der Waals surface area contributed by atoms with E-state index in [-0.39, 0.29) is 23.6 Å². The topological polar surface area (TPSA) is 86.8 Å². The van der Waals surface area contributed by atoms with Crippen LogP contribution in [0, 0.1) is 5.82 Å². The highest BCUT2D eigenvalue weighted by Crippen LogP contribution is 2.26. The lowest BCUT2D eigenvalue weighted by Crippen LogP contribution is -2.52. The summed E-state index contributed by atoms with van der Waals surface area (Å²) in [4.78, 5) is 27.4. The van der Waals surface area contributed by atoms with Gasteiger partial charge in [-0.25, -0.2) is 12.8 Å². The Balaban J connectivity index is 2.41. The highest BCUT2D eigenvalue weighted by atomic mass is 32.2. The number of hydrogen-bond donors (Lipinski definition) is 1. The summed E-state index contributed by atoms with van der Waals surface area (Å²) in [5.74, 6) is -1.55. The van der Waals surface area contributed by atoms with Crippen molar-refractivity contribution in [1.29, 1.82) is 0 Å². The summed E-state index contributed by atoms with van der Waals surface area (Å²) in [5.41, 5.74) is 1.45. The predicted octanol–water partition coefficient (Wildman–Crippen LogP) is 3.83. The Kier molecular flexibility index (Phi) is 9.06. The van der Waals surface area contributed by atoms with Crippen molar-refractivity contribution >= 4 is 27.5 Å². The number of halogens is 1. The van der Waals surface area contributed by atoms with Crippen molar-refractivity contribution in [1.82, 2.24) is 10.2 Å². The maximum atomic E-state index is 14.4. The number of carbonyl (C=O) groups is 2. The third-order valence-corrected chi connectivity index (χ3v) is 6.74. The molecule has 9 heteroatoms. The van der Waals surface area contributed by atoms with Crippen LogP contribution in [-0.2, 0) is 31.6 Å². The Hall–Kier alpha value is -2.94. The maximum absolute atomic E-state index is 14.4. The van der Waals surface area contributed by atoms with Crippen LogP contribution >= 0.6 is 0 Å². The van der Waals surface area contributed by atoms with Crippen LogP contribution < -0.4 is 9.62 Å². The average Bonchev–Trinajstić information content (AvgIpc) is 2.74. The molecule has 0 saturated carbocycles. The molecule has 0 fully saturated rings. The Labute approximate surface area is 208 Å². The zero-order chi connectivity index (χ0) is 26.6. The van der Waals surface area contributed by atoms with E-state index in [0.717, 1.165) is 16.1 Å². The van der Waals surface area contributed by atoms with Crippen molar-refractivity contribution in [2.24, 2.45) is 0 Å². The first-order valence-electron chi connectivity index (χ1n) is 11.5. The van der Waals surface area contributed by atoms with Crippen LogP contribution in [0.5, 0.6) is 0 Å². The molecule has 0 aliphatic carbocycles. The molecule has 2 rings (SSSR count). The van der Waals surface area contributed by atoms with Gasteiger partial charge in [0.25, 0.3) is 0 Å². The second-order valence-corrected chi connectivity index (χ2v) is 11.9. The fourth-order valence-corrected chi connectivity index (χ4v) is 4.39. The van der Waals surface area contributed by atoms with E-state index in [1.54, 1.807) is 39.0 Å². The summed E-state index contributed by atoms with van der Waals surface area (Å²) in [6, 6.07) is 11.8. The predicted molar refractivity (Wildman–Crippen MR) is 137 cm³/mol. The smallest absolute Gasteiger partial charge is 0.244 e. The molecule has 0 saturated heterocycles. The van der Waals surface area contributed by atoms with Crippen LogP contribution in [0.4, 0.5) is 10.1 Å². The molecule has 2 aromatic carbocycles. The van der Waals surface area contributed by atoms with Gasteiger partial charge in [0, 0.05) is 18.2 Å². The molecule has 0 bridgehead atoms. The molecule has 0 aliphatic rings. The SMILES string of the molecule is CC(C)NC(=O)C(C)N(Cc1ccccc1F)C(=O)CN(c1ccc(C(C)(C)C)cc1)S(C)(=O)=O. The number of rotatable bonds is 9. The number of nitrogens with one attached hydrogen (secondary N) is 1. The summed E-state index contributed by atoms with van der Waals surface area (Å²) in [6.07, 6.45) is 1.02. The number of hydrogen-bond acceptors (Lipinski definition) is 4. The molecular weight excluding hydrogens is 469 g/mol. The summed E-state index contributed by atoms with van der Waals surface area (Å²) in [6.45, 7) is 10.6. The van der Waals surface area contributed by atoms with E-state index in [2.05, 4.69) is 5.32 Å². The monoisotopic (exact) mass is 505 g/mol. The van der Waals surface area contributed by atoms with Gasteiger partial charge in [-0.3, -0.25) is 13.9 Å². The van der Waals surface area contributed by atoms with Crippen molar-refractivity contribution in [2.45, 2.75) is 65.6 Å². The number of sulfonamides is 1. The minimum Gasteiger partial charge on any atom is -0.352 e. The summed E-state index contributed by atoms with van der Waals surface area (Å²) < 4.78 is 40.7. The van der Waals surface area contributed by atoms with E-state index >= 15 is 0 Å². The first kappa shape index (κ1) is 28.3. The van der Waals surface area contributed by atoms with E-state index in [9.17, 15) is 22.4 Å². The average molecular weight is 506 g/mol. The minimum absolute atomic E-state index is 0.125. The van der Waals surface area contributed by atoms with E-state index in [1.807, 2.05) is 32.9 Å². The van der Waals surface area contributed by atoms with Crippen LogP contribution in [0.25, 0.3) is 0 Å². The van der Waals surface area contributed by atoms with E-state index in [4.69, 9.17) is 0 Å². The molecule has 0 radical (unpaired) electrons. The quantitative estimate of drug-likeness (QED) is 0.561. The van der Waals surface area contributed by atoms with Gasteiger partial charge in [-0.05, 0) is 49.9 Å². The number of benzene rings is 2. The van der Waals surface area contributed by atoms with Crippen LogP contribution in [0.1, 0.15) is 52.7 Å².